The third-order valence-corrected chi connectivity index (χ3v) is 2.44. The van der Waals surface area contributed by atoms with Crippen molar-refractivity contribution < 1.29 is 9.59 Å². The van der Waals surface area contributed by atoms with Gasteiger partial charge in [-0.1, -0.05) is 32.9 Å². The number of benzene rings is 1. The lowest BCUT2D eigenvalue weighted by Gasteiger charge is -2.12. The zero-order valence-corrected chi connectivity index (χ0v) is 11.1. The van der Waals surface area contributed by atoms with Crippen LogP contribution in [-0.2, 0) is 4.79 Å². The summed E-state index contributed by atoms with van der Waals surface area (Å²) in [6, 6.07) is 7.02. The first-order chi connectivity index (χ1) is 8.54. The van der Waals surface area contributed by atoms with Crippen molar-refractivity contribution in [3.63, 3.8) is 0 Å². The molecule has 0 aliphatic carbocycles. The van der Waals surface area contributed by atoms with Crippen molar-refractivity contribution in [2.45, 2.75) is 27.2 Å². The minimum absolute atomic E-state index is 0.0980. The van der Waals surface area contributed by atoms with Crippen LogP contribution in [0.4, 0.5) is 5.69 Å². The maximum Gasteiger partial charge on any atom is 0.253 e. The van der Waals surface area contributed by atoms with Crippen molar-refractivity contribution in [1.29, 1.82) is 0 Å². The van der Waals surface area contributed by atoms with E-state index in [0.29, 0.717) is 30.1 Å². The Labute approximate surface area is 108 Å². The molecular formula is C14H20N2O2. The molecule has 2 amide bonds. The number of rotatable bonds is 5. The molecule has 18 heavy (non-hydrogen) atoms. The minimum atomic E-state index is -0.157. The van der Waals surface area contributed by atoms with E-state index >= 15 is 0 Å². The van der Waals surface area contributed by atoms with Gasteiger partial charge in [0.25, 0.3) is 5.91 Å². The van der Waals surface area contributed by atoms with Crippen molar-refractivity contribution in [2.24, 2.45) is 5.92 Å². The van der Waals surface area contributed by atoms with Gasteiger partial charge in [0.15, 0.2) is 0 Å². The van der Waals surface area contributed by atoms with Crippen molar-refractivity contribution in [1.82, 2.24) is 5.32 Å². The first kappa shape index (κ1) is 14.2. The molecule has 4 heteroatoms. The van der Waals surface area contributed by atoms with E-state index in [1.807, 2.05) is 13.8 Å². The van der Waals surface area contributed by atoms with E-state index in [2.05, 4.69) is 10.6 Å². The van der Waals surface area contributed by atoms with Crippen LogP contribution < -0.4 is 10.6 Å². The fourth-order valence-corrected chi connectivity index (χ4v) is 1.42. The minimum Gasteiger partial charge on any atom is -0.352 e. The molecule has 1 aromatic carbocycles. The summed E-state index contributed by atoms with van der Waals surface area (Å²) in [6.45, 7) is 6.46. The van der Waals surface area contributed by atoms with Crippen molar-refractivity contribution in [2.75, 3.05) is 11.9 Å². The molecule has 0 aliphatic rings. The summed E-state index contributed by atoms with van der Waals surface area (Å²) in [5.74, 6) is 0.140. The van der Waals surface area contributed by atoms with Gasteiger partial charge in [-0.3, -0.25) is 9.59 Å². The Morgan fingerprint density at radius 2 is 1.89 bits per heavy atom. The zero-order chi connectivity index (χ0) is 13.5. The van der Waals surface area contributed by atoms with E-state index in [0.717, 1.165) is 0 Å². The predicted octanol–water partition coefficient (Wildman–Crippen LogP) is 2.42. The second-order valence-corrected chi connectivity index (χ2v) is 4.55. The van der Waals surface area contributed by atoms with Crippen LogP contribution in [0.1, 0.15) is 37.6 Å². The van der Waals surface area contributed by atoms with Gasteiger partial charge in [0.1, 0.15) is 0 Å². The van der Waals surface area contributed by atoms with Crippen molar-refractivity contribution >= 4 is 17.5 Å². The highest BCUT2D eigenvalue weighted by atomic mass is 16.2. The average molecular weight is 248 g/mol. The lowest BCUT2D eigenvalue weighted by molar-refractivity contribution is -0.115. The number of hydrogen-bond acceptors (Lipinski definition) is 2. The standard InChI is InChI=1S/C14H20N2O2/c1-4-13(17)16-12-8-6-5-7-11(12)14(18)15-9-10(2)3/h5-8,10H,4,9H2,1-3H3,(H,15,18)(H,16,17). The Bertz CT molecular complexity index is 428. The number of carbonyl (C=O) groups excluding carboxylic acids is 2. The van der Waals surface area contributed by atoms with Crippen molar-refractivity contribution in [3.8, 4) is 0 Å². The molecule has 1 aromatic rings. The topological polar surface area (TPSA) is 58.2 Å². The Kier molecular flexibility index (Phi) is 5.36. The van der Waals surface area contributed by atoms with E-state index in [4.69, 9.17) is 0 Å². The van der Waals surface area contributed by atoms with Crippen LogP contribution in [-0.4, -0.2) is 18.4 Å². The molecule has 0 fully saturated rings. The molecule has 0 heterocycles. The molecule has 0 unspecified atom stereocenters. The number of para-hydroxylation sites is 1. The Morgan fingerprint density at radius 1 is 1.22 bits per heavy atom. The van der Waals surface area contributed by atoms with E-state index in [1.165, 1.54) is 0 Å². The quantitative estimate of drug-likeness (QED) is 0.840. The van der Waals surface area contributed by atoms with Gasteiger partial charge < -0.3 is 10.6 Å². The Morgan fingerprint density at radius 3 is 2.50 bits per heavy atom. The van der Waals surface area contributed by atoms with Gasteiger partial charge in [-0.15, -0.1) is 0 Å². The summed E-state index contributed by atoms with van der Waals surface area (Å²) >= 11 is 0. The summed E-state index contributed by atoms with van der Waals surface area (Å²) in [4.78, 5) is 23.4. The first-order valence-corrected chi connectivity index (χ1v) is 6.21. The third kappa shape index (κ3) is 4.20. The van der Waals surface area contributed by atoms with Gasteiger partial charge in [0, 0.05) is 13.0 Å². The maximum absolute atomic E-state index is 12.0. The molecular weight excluding hydrogens is 228 g/mol. The van der Waals surface area contributed by atoms with E-state index in [-0.39, 0.29) is 11.8 Å². The number of nitrogens with one attached hydrogen (secondary N) is 2. The summed E-state index contributed by atoms with van der Waals surface area (Å²) in [6.07, 6.45) is 0.391. The Balaban J connectivity index is 2.81. The average Bonchev–Trinajstić information content (AvgIpc) is 2.36. The van der Waals surface area contributed by atoms with Gasteiger partial charge >= 0.3 is 0 Å². The molecule has 1 rings (SSSR count). The van der Waals surface area contributed by atoms with Crippen LogP contribution in [0.25, 0.3) is 0 Å². The number of amides is 2. The lowest BCUT2D eigenvalue weighted by Crippen LogP contribution is -2.28. The molecule has 0 aliphatic heterocycles. The van der Waals surface area contributed by atoms with Gasteiger partial charge in [-0.2, -0.15) is 0 Å². The number of carbonyl (C=O) groups is 2. The third-order valence-electron chi connectivity index (χ3n) is 2.44. The van der Waals surface area contributed by atoms with E-state index in [9.17, 15) is 9.59 Å². The molecule has 0 radical (unpaired) electrons. The zero-order valence-electron chi connectivity index (χ0n) is 11.1. The normalized spacial score (nSPS) is 10.2. The molecule has 2 N–H and O–H groups in total. The molecule has 0 spiro atoms. The van der Waals surface area contributed by atoms with E-state index in [1.54, 1.807) is 31.2 Å². The van der Waals surface area contributed by atoms with Gasteiger partial charge in [0.2, 0.25) is 5.91 Å². The summed E-state index contributed by atoms with van der Waals surface area (Å²) in [5, 5.41) is 5.57. The van der Waals surface area contributed by atoms with Gasteiger partial charge in [-0.05, 0) is 18.1 Å². The monoisotopic (exact) mass is 248 g/mol. The van der Waals surface area contributed by atoms with Crippen LogP contribution in [0.2, 0.25) is 0 Å². The van der Waals surface area contributed by atoms with Crippen LogP contribution >= 0.6 is 0 Å². The van der Waals surface area contributed by atoms with Crippen LogP contribution in [0.3, 0.4) is 0 Å². The molecule has 4 nitrogen and oxygen atoms in total. The largest absolute Gasteiger partial charge is 0.352 e. The second-order valence-electron chi connectivity index (χ2n) is 4.55. The molecule has 0 saturated carbocycles. The molecule has 0 atom stereocenters. The Hall–Kier alpha value is -1.84. The fourth-order valence-electron chi connectivity index (χ4n) is 1.42. The second kappa shape index (κ2) is 6.79. The highest BCUT2D eigenvalue weighted by Crippen LogP contribution is 2.15. The van der Waals surface area contributed by atoms with Crippen LogP contribution in [0.5, 0.6) is 0 Å². The summed E-state index contributed by atoms with van der Waals surface area (Å²) in [7, 11) is 0. The van der Waals surface area contributed by atoms with Crippen LogP contribution in [0.15, 0.2) is 24.3 Å². The van der Waals surface area contributed by atoms with Gasteiger partial charge in [-0.25, -0.2) is 0 Å². The molecule has 0 saturated heterocycles. The molecule has 0 bridgehead atoms. The highest BCUT2D eigenvalue weighted by Gasteiger charge is 2.12. The SMILES string of the molecule is CCC(=O)Nc1ccccc1C(=O)NCC(C)C. The maximum atomic E-state index is 12.0. The smallest absolute Gasteiger partial charge is 0.253 e. The van der Waals surface area contributed by atoms with E-state index < -0.39 is 0 Å². The lowest BCUT2D eigenvalue weighted by atomic mass is 10.1. The van der Waals surface area contributed by atoms with Gasteiger partial charge in [0.05, 0.1) is 11.3 Å². The molecule has 98 valence electrons. The summed E-state index contributed by atoms with van der Waals surface area (Å²) < 4.78 is 0. The van der Waals surface area contributed by atoms with Crippen molar-refractivity contribution in [3.05, 3.63) is 29.8 Å². The fraction of sp³-hybridized carbons (Fsp3) is 0.429. The number of hydrogen-bond donors (Lipinski definition) is 2. The highest BCUT2D eigenvalue weighted by molar-refractivity contribution is 6.03. The number of anilines is 1. The van der Waals surface area contributed by atoms with Crippen LogP contribution in [0, 0.1) is 5.92 Å². The summed E-state index contributed by atoms with van der Waals surface area (Å²) in [5.41, 5.74) is 1.06. The first-order valence-electron chi connectivity index (χ1n) is 6.21. The molecule has 0 aromatic heterocycles. The predicted molar refractivity (Wildman–Crippen MR) is 72.5 cm³/mol.